The molecule has 2 atom stereocenters. The number of amides is 1. The summed E-state index contributed by atoms with van der Waals surface area (Å²) >= 11 is 0. The van der Waals surface area contributed by atoms with Crippen molar-refractivity contribution in [2.45, 2.75) is 50.3 Å². The van der Waals surface area contributed by atoms with Crippen molar-refractivity contribution in [2.24, 2.45) is 5.92 Å². The average molecular weight is 260 g/mol. The highest BCUT2D eigenvalue weighted by Gasteiger charge is 2.38. The van der Waals surface area contributed by atoms with Gasteiger partial charge in [0, 0.05) is 0 Å². The molecule has 0 bridgehead atoms. The molecule has 2 fully saturated rings. The van der Waals surface area contributed by atoms with Gasteiger partial charge in [-0.3, -0.25) is 9.52 Å². The molecule has 0 spiro atoms. The van der Waals surface area contributed by atoms with Crippen LogP contribution in [-0.2, 0) is 14.8 Å². The molecular weight excluding hydrogens is 240 g/mol. The second kappa shape index (κ2) is 4.94. The summed E-state index contributed by atoms with van der Waals surface area (Å²) in [7, 11) is -3.40. The molecule has 1 saturated heterocycles. The SMILES string of the molecule is CCC1CCNC(C(=O)NS(=O)(=O)C2CC2)C1. The number of piperidine rings is 1. The largest absolute Gasteiger partial charge is 0.306 e. The van der Waals surface area contributed by atoms with Gasteiger partial charge in [0.25, 0.3) is 5.91 Å². The van der Waals surface area contributed by atoms with E-state index in [1.54, 1.807) is 0 Å². The van der Waals surface area contributed by atoms with Gasteiger partial charge in [-0.2, -0.15) is 0 Å². The van der Waals surface area contributed by atoms with Crippen LogP contribution in [0.5, 0.6) is 0 Å². The van der Waals surface area contributed by atoms with Crippen molar-refractivity contribution in [3.05, 3.63) is 0 Å². The quantitative estimate of drug-likeness (QED) is 0.766. The fourth-order valence-corrected chi connectivity index (χ4v) is 3.59. The normalized spacial score (nSPS) is 29.9. The van der Waals surface area contributed by atoms with Crippen LogP contribution in [0.1, 0.15) is 39.0 Å². The minimum Gasteiger partial charge on any atom is -0.306 e. The highest BCUT2D eigenvalue weighted by atomic mass is 32.2. The molecule has 0 radical (unpaired) electrons. The predicted octanol–water partition coefficient (Wildman–Crippen LogP) is 0.373. The summed E-state index contributed by atoms with van der Waals surface area (Å²) in [6.45, 7) is 2.89. The van der Waals surface area contributed by atoms with Gasteiger partial charge < -0.3 is 5.32 Å². The van der Waals surface area contributed by atoms with Crippen molar-refractivity contribution in [1.29, 1.82) is 0 Å². The van der Waals surface area contributed by atoms with E-state index in [2.05, 4.69) is 17.0 Å². The maximum Gasteiger partial charge on any atom is 0.250 e. The molecule has 2 unspecified atom stereocenters. The van der Waals surface area contributed by atoms with Crippen LogP contribution in [-0.4, -0.2) is 32.2 Å². The van der Waals surface area contributed by atoms with Crippen molar-refractivity contribution in [3.8, 4) is 0 Å². The lowest BCUT2D eigenvalue weighted by Gasteiger charge is -2.28. The van der Waals surface area contributed by atoms with Crippen molar-refractivity contribution in [3.63, 3.8) is 0 Å². The van der Waals surface area contributed by atoms with Gasteiger partial charge >= 0.3 is 0 Å². The number of rotatable bonds is 4. The molecule has 0 aromatic rings. The van der Waals surface area contributed by atoms with Gasteiger partial charge in [0.15, 0.2) is 0 Å². The molecular formula is C11H20N2O3S. The van der Waals surface area contributed by atoms with Crippen LogP contribution >= 0.6 is 0 Å². The summed E-state index contributed by atoms with van der Waals surface area (Å²) in [6, 6.07) is -0.345. The van der Waals surface area contributed by atoms with E-state index in [0.29, 0.717) is 18.8 Å². The average Bonchev–Trinajstić information content (AvgIpc) is 3.12. The van der Waals surface area contributed by atoms with Crippen LogP contribution < -0.4 is 10.0 Å². The second-order valence-corrected chi connectivity index (χ2v) is 6.98. The number of hydrogen-bond donors (Lipinski definition) is 2. The van der Waals surface area contributed by atoms with Gasteiger partial charge in [0.2, 0.25) is 10.0 Å². The Bertz CT molecular complexity index is 390. The van der Waals surface area contributed by atoms with E-state index in [9.17, 15) is 13.2 Å². The molecule has 5 nitrogen and oxygen atoms in total. The molecule has 0 aromatic heterocycles. The van der Waals surface area contributed by atoms with Crippen LogP contribution in [0, 0.1) is 5.92 Å². The van der Waals surface area contributed by atoms with E-state index in [-0.39, 0.29) is 17.2 Å². The molecule has 2 aliphatic rings. The number of hydrogen-bond acceptors (Lipinski definition) is 4. The van der Waals surface area contributed by atoms with Gasteiger partial charge in [-0.05, 0) is 38.1 Å². The molecule has 6 heteroatoms. The molecule has 1 saturated carbocycles. The lowest BCUT2D eigenvalue weighted by molar-refractivity contribution is -0.122. The van der Waals surface area contributed by atoms with Crippen molar-refractivity contribution in [2.75, 3.05) is 6.54 Å². The fraction of sp³-hybridized carbons (Fsp3) is 0.909. The molecule has 2 rings (SSSR count). The van der Waals surface area contributed by atoms with Gasteiger partial charge in [-0.15, -0.1) is 0 Å². The van der Waals surface area contributed by atoms with Crippen LogP contribution in [0.4, 0.5) is 0 Å². The molecule has 17 heavy (non-hydrogen) atoms. The first kappa shape index (κ1) is 12.8. The van der Waals surface area contributed by atoms with Gasteiger partial charge in [-0.1, -0.05) is 13.3 Å². The molecule has 1 amide bonds. The molecule has 1 aliphatic carbocycles. The van der Waals surface area contributed by atoms with Crippen LogP contribution in [0.25, 0.3) is 0 Å². The first-order chi connectivity index (χ1) is 8.03. The molecule has 1 heterocycles. The summed E-state index contributed by atoms with van der Waals surface area (Å²) in [4.78, 5) is 11.9. The van der Waals surface area contributed by atoms with Gasteiger partial charge in [-0.25, -0.2) is 8.42 Å². The highest BCUT2D eigenvalue weighted by Crippen LogP contribution is 2.27. The Morgan fingerprint density at radius 2 is 2.06 bits per heavy atom. The zero-order valence-corrected chi connectivity index (χ0v) is 10.9. The van der Waals surface area contributed by atoms with Crippen molar-refractivity contribution in [1.82, 2.24) is 10.0 Å². The topological polar surface area (TPSA) is 75.3 Å². The Hall–Kier alpha value is -0.620. The fourth-order valence-electron chi connectivity index (χ4n) is 2.24. The maximum absolute atomic E-state index is 11.9. The number of sulfonamides is 1. The third-order valence-corrected chi connectivity index (χ3v) is 5.45. The summed E-state index contributed by atoms with van der Waals surface area (Å²) in [5, 5.41) is 2.75. The summed E-state index contributed by atoms with van der Waals surface area (Å²) in [5.74, 6) is 0.144. The third-order valence-electron chi connectivity index (χ3n) is 3.61. The summed E-state index contributed by atoms with van der Waals surface area (Å²) in [6.07, 6.45) is 4.20. The summed E-state index contributed by atoms with van der Waals surface area (Å²) < 4.78 is 25.5. The van der Waals surface area contributed by atoms with E-state index in [0.717, 1.165) is 25.8 Å². The minimum atomic E-state index is -3.40. The Kier molecular flexibility index (Phi) is 3.73. The monoisotopic (exact) mass is 260 g/mol. The van der Waals surface area contributed by atoms with Crippen LogP contribution in [0.15, 0.2) is 0 Å². The first-order valence-electron chi connectivity index (χ1n) is 6.31. The Morgan fingerprint density at radius 3 is 2.65 bits per heavy atom. The number of carbonyl (C=O) groups excluding carboxylic acids is 1. The predicted molar refractivity (Wildman–Crippen MR) is 64.9 cm³/mol. The number of carbonyl (C=O) groups is 1. The van der Waals surface area contributed by atoms with E-state index < -0.39 is 10.0 Å². The Morgan fingerprint density at radius 1 is 1.35 bits per heavy atom. The van der Waals surface area contributed by atoms with E-state index in [1.165, 1.54) is 0 Å². The van der Waals surface area contributed by atoms with Gasteiger partial charge in [0.1, 0.15) is 0 Å². The lowest BCUT2D eigenvalue weighted by Crippen LogP contribution is -2.50. The zero-order chi connectivity index (χ0) is 12.5. The molecule has 98 valence electrons. The number of nitrogens with one attached hydrogen (secondary N) is 2. The highest BCUT2D eigenvalue weighted by molar-refractivity contribution is 7.90. The second-order valence-electron chi connectivity index (χ2n) is 5.02. The van der Waals surface area contributed by atoms with Crippen molar-refractivity contribution >= 4 is 15.9 Å². The van der Waals surface area contributed by atoms with E-state index in [4.69, 9.17) is 0 Å². The van der Waals surface area contributed by atoms with Gasteiger partial charge in [0.05, 0.1) is 11.3 Å². The maximum atomic E-state index is 11.9. The summed E-state index contributed by atoms with van der Waals surface area (Å²) in [5.41, 5.74) is 0. The molecule has 2 N–H and O–H groups in total. The minimum absolute atomic E-state index is 0.336. The lowest BCUT2D eigenvalue weighted by atomic mass is 9.90. The first-order valence-corrected chi connectivity index (χ1v) is 7.86. The van der Waals surface area contributed by atoms with E-state index in [1.807, 2.05) is 0 Å². The zero-order valence-electron chi connectivity index (χ0n) is 10.1. The smallest absolute Gasteiger partial charge is 0.250 e. The third kappa shape index (κ3) is 3.19. The van der Waals surface area contributed by atoms with E-state index >= 15 is 0 Å². The molecule has 1 aliphatic heterocycles. The van der Waals surface area contributed by atoms with Crippen LogP contribution in [0.2, 0.25) is 0 Å². The standard InChI is InChI=1S/C11H20N2O3S/c1-2-8-5-6-12-10(7-8)11(14)13-17(15,16)9-3-4-9/h8-10,12H,2-7H2,1H3,(H,13,14). The Balaban J connectivity index is 1.91. The Labute approximate surface area is 102 Å². The molecule has 0 aromatic carbocycles. The van der Waals surface area contributed by atoms with Crippen LogP contribution in [0.3, 0.4) is 0 Å². The van der Waals surface area contributed by atoms with Crippen molar-refractivity contribution < 1.29 is 13.2 Å².